The van der Waals surface area contributed by atoms with Gasteiger partial charge in [-0.2, -0.15) is 0 Å². The van der Waals surface area contributed by atoms with Crippen molar-refractivity contribution < 1.29 is 4.39 Å². The van der Waals surface area contributed by atoms with Crippen LogP contribution in [0.4, 0.5) is 4.39 Å². The van der Waals surface area contributed by atoms with Crippen LogP contribution >= 0.6 is 12.4 Å². The minimum atomic E-state index is -0.559. The van der Waals surface area contributed by atoms with Crippen molar-refractivity contribution in [3.8, 4) is 0 Å². The highest BCUT2D eigenvalue weighted by molar-refractivity contribution is 5.85. The molecule has 0 aromatic rings. The summed E-state index contributed by atoms with van der Waals surface area (Å²) in [6.07, 6.45) is 0.114. The van der Waals surface area contributed by atoms with Gasteiger partial charge in [0.05, 0.1) is 0 Å². The molecule has 0 aliphatic carbocycles. The largest absolute Gasteiger partial charge is 0.316 e. The first-order chi connectivity index (χ1) is 3.84. The summed E-state index contributed by atoms with van der Waals surface area (Å²) in [7, 11) is 0. The highest BCUT2D eigenvalue weighted by Gasteiger charge is 2.24. The van der Waals surface area contributed by atoms with E-state index in [0.717, 1.165) is 13.1 Å². The number of hydrogen-bond acceptors (Lipinski definition) is 1. The Bertz CT molecular complexity index is 72.7. The van der Waals surface area contributed by atoms with Crippen LogP contribution in [0.3, 0.4) is 0 Å². The molecular formula is C6H13ClFN. The topological polar surface area (TPSA) is 12.0 Å². The molecule has 1 atom stereocenters. The maximum absolute atomic E-state index is 12.5. The Morgan fingerprint density at radius 1 is 1.67 bits per heavy atom. The molecule has 0 radical (unpaired) electrons. The normalized spacial score (nSPS) is 22.0. The molecule has 1 saturated heterocycles. The van der Waals surface area contributed by atoms with E-state index in [4.69, 9.17) is 0 Å². The van der Waals surface area contributed by atoms with Gasteiger partial charge in [-0.05, 0) is 6.42 Å². The van der Waals surface area contributed by atoms with Crippen LogP contribution in [0.15, 0.2) is 0 Å². The van der Waals surface area contributed by atoms with Crippen LogP contribution in [0.2, 0.25) is 0 Å². The van der Waals surface area contributed by atoms with Crippen LogP contribution in [0.1, 0.15) is 13.3 Å². The molecule has 0 amide bonds. The molecule has 1 unspecified atom stereocenters. The van der Waals surface area contributed by atoms with Crippen molar-refractivity contribution >= 4 is 12.4 Å². The summed E-state index contributed by atoms with van der Waals surface area (Å²) < 4.78 is 12.5. The first-order valence-electron chi connectivity index (χ1n) is 3.19. The van der Waals surface area contributed by atoms with Crippen molar-refractivity contribution in [2.45, 2.75) is 19.5 Å². The minimum absolute atomic E-state index is 0. The molecule has 0 spiro atoms. The average molecular weight is 154 g/mol. The molecule has 1 aliphatic heterocycles. The highest BCUT2D eigenvalue weighted by atomic mass is 35.5. The second-order valence-electron chi connectivity index (χ2n) is 2.34. The lowest BCUT2D eigenvalue weighted by Gasteiger charge is -2.29. The van der Waals surface area contributed by atoms with E-state index in [1.54, 1.807) is 0 Å². The monoisotopic (exact) mass is 153 g/mol. The molecule has 1 aliphatic rings. The predicted molar refractivity (Wildman–Crippen MR) is 38.8 cm³/mol. The van der Waals surface area contributed by atoms with Gasteiger partial charge in [0, 0.05) is 19.0 Å². The van der Waals surface area contributed by atoms with Gasteiger partial charge in [-0.1, -0.05) is 6.92 Å². The molecule has 0 bridgehead atoms. The summed E-state index contributed by atoms with van der Waals surface area (Å²) in [6.45, 7) is 3.66. The maximum atomic E-state index is 12.5. The third kappa shape index (κ3) is 2.11. The van der Waals surface area contributed by atoms with Crippen molar-refractivity contribution in [1.82, 2.24) is 5.32 Å². The van der Waals surface area contributed by atoms with Crippen molar-refractivity contribution in [1.29, 1.82) is 0 Å². The Balaban J connectivity index is 0.000000640. The average Bonchev–Trinajstić information content (AvgIpc) is 1.62. The van der Waals surface area contributed by atoms with E-state index in [1.807, 2.05) is 6.92 Å². The Hall–Kier alpha value is 0.180. The minimum Gasteiger partial charge on any atom is -0.316 e. The standard InChI is InChI=1S/C6H12FN.ClH/c1-2-6(7)5-3-8-4-5;/h5-6,8H,2-4H2,1H3;1H. The highest BCUT2D eigenvalue weighted by Crippen LogP contribution is 2.14. The maximum Gasteiger partial charge on any atom is 0.105 e. The Kier molecular flexibility index (Phi) is 4.15. The van der Waals surface area contributed by atoms with Gasteiger partial charge in [0.25, 0.3) is 0 Å². The third-order valence-corrected chi connectivity index (χ3v) is 1.71. The van der Waals surface area contributed by atoms with E-state index >= 15 is 0 Å². The van der Waals surface area contributed by atoms with Crippen LogP contribution in [0.25, 0.3) is 0 Å². The van der Waals surface area contributed by atoms with Gasteiger partial charge in [-0.3, -0.25) is 0 Å². The van der Waals surface area contributed by atoms with E-state index in [0.29, 0.717) is 12.3 Å². The summed E-state index contributed by atoms with van der Waals surface area (Å²) in [5.41, 5.74) is 0. The Morgan fingerprint density at radius 3 is 2.33 bits per heavy atom. The first kappa shape index (κ1) is 9.18. The van der Waals surface area contributed by atoms with Gasteiger partial charge < -0.3 is 5.32 Å². The van der Waals surface area contributed by atoms with E-state index in [9.17, 15) is 4.39 Å². The van der Waals surface area contributed by atoms with Gasteiger partial charge in [-0.15, -0.1) is 12.4 Å². The van der Waals surface area contributed by atoms with Crippen molar-refractivity contribution in [2.24, 2.45) is 5.92 Å². The summed E-state index contributed by atoms with van der Waals surface area (Å²) in [5, 5.41) is 3.04. The molecule has 1 heterocycles. The number of halogens is 2. The van der Waals surface area contributed by atoms with E-state index < -0.39 is 6.17 Å². The second kappa shape index (κ2) is 4.07. The Morgan fingerprint density at radius 2 is 2.22 bits per heavy atom. The molecule has 0 saturated carbocycles. The van der Waals surface area contributed by atoms with Crippen LogP contribution in [0.5, 0.6) is 0 Å². The first-order valence-corrected chi connectivity index (χ1v) is 3.19. The van der Waals surface area contributed by atoms with Crippen LogP contribution in [-0.2, 0) is 0 Å². The lowest BCUT2D eigenvalue weighted by Crippen LogP contribution is -2.46. The van der Waals surface area contributed by atoms with Crippen molar-refractivity contribution in [3.05, 3.63) is 0 Å². The van der Waals surface area contributed by atoms with E-state index in [-0.39, 0.29) is 12.4 Å². The zero-order chi connectivity index (χ0) is 5.98. The van der Waals surface area contributed by atoms with Crippen molar-refractivity contribution in [3.63, 3.8) is 0 Å². The Labute approximate surface area is 61.4 Å². The third-order valence-electron chi connectivity index (χ3n) is 1.71. The van der Waals surface area contributed by atoms with Gasteiger partial charge in [0.15, 0.2) is 0 Å². The van der Waals surface area contributed by atoms with Crippen molar-refractivity contribution in [2.75, 3.05) is 13.1 Å². The van der Waals surface area contributed by atoms with Crippen LogP contribution in [0, 0.1) is 5.92 Å². The van der Waals surface area contributed by atoms with Gasteiger partial charge in [0.1, 0.15) is 6.17 Å². The summed E-state index contributed by atoms with van der Waals surface area (Å²) in [4.78, 5) is 0. The lowest BCUT2D eigenvalue weighted by molar-refractivity contribution is 0.165. The van der Waals surface area contributed by atoms with E-state index in [1.165, 1.54) is 0 Å². The molecule has 1 fully saturated rings. The predicted octanol–water partition coefficient (Wildman–Crippen LogP) is 1.38. The van der Waals surface area contributed by atoms with Crippen LogP contribution < -0.4 is 5.32 Å². The second-order valence-corrected chi connectivity index (χ2v) is 2.34. The number of rotatable bonds is 2. The van der Waals surface area contributed by atoms with Crippen LogP contribution in [-0.4, -0.2) is 19.3 Å². The quantitative estimate of drug-likeness (QED) is 0.632. The molecular weight excluding hydrogens is 141 g/mol. The molecule has 0 aromatic heterocycles. The fraction of sp³-hybridized carbons (Fsp3) is 1.00. The zero-order valence-corrected chi connectivity index (χ0v) is 6.38. The summed E-state index contributed by atoms with van der Waals surface area (Å²) in [6, 6.07) is 0. The lowest BCUT2D eigenvalue weighted by atomic mass is 9.96. The SMILES string of the molecule is CCC(F)C1CNC1.Cl. The number of alkyl halides is 1. The van der Waals surface area contributed by atoms with Gasteiger partial charge in [-0.25, -0.2) is 4.39 Å². The molecule has 3 heteroatoms. The number of nitrogens with one attached hydrogen (secondary N) is 1. The van der Waals surface area contributed by atoms with E-state index in [2.05, 4.69) is 5.32 Å². The number of hydrogen-bond donors (Lipinski definition) is 1. The zero-order valence-electron chi connectivity index (χ0n) is 5.56. The van der Waals surface area contributed by atoms with Gasteiger partial charge >= 0.3 is 0 Å². The summed E-state index contributed by atoms with van der Waals surface area (Å²) >= 11 is 0. The molecule has 1 N–H and O–H groups in total. The van der Waals surface area contributed by atoms with Gasteiger partial charge in [0.2, 0.25) is 0 Å². The molecule has 1 rings (SSSR count). The fourth-order valence-electron chi connectivity index (χ4n) is 0.900. The molecule has 56 valence electrons. The fourth-order valence-corrected chi connectivity index (χ4v) is 0.900. The molecule has 0 aromatic carbocycles. The smallest absolute Gasteiger partial charge is 0.105 e. The molecule has 1 nitrogen and oxygen atoms in total. The molecule has 9 heavy (non-hydrogen) atoms. The summed E-state index contributed by atoms with van der Waals surface area (Å²) in [5.74, 6) is 0.319.